The predicted octanol–water partition coefficient (Wildman–Crippen LogP) is 12.3. The van der Waals surface area contributed by atoms with Crippen molar-refractivity contribution >= 4 is 33.3 Å². The molecule has 6 heteroatoms. The Morgan fingerprint density at radius 2 is 1.17 bits per heavy atom. The second-order valence-corrected chi connectivity index (χ2v) is 14.9. The Morgan fingerprint density at radius 3 is 1.72 bits per heavy atom. The molecular weight excluding hydrogens is 857 g/mol. The largest absolute Gasteiger partial charge is 3.00 e. The summed E-state index contributed by atoms with van der Waals surface area (Å²) in [5, 5.41) is 4.99. The second-order valence-electron chi connectivity index (χ2n) is 13.8. The molecule has 5 heterocycles. The van der Waals surface area contributed by atoms with Crippen molar-refractivity contribution in [3.63, 3.8) is 0 Å². The first-order valence-corrected chi connectivity index (χ1v) is 18.6. The van der Waals surface area contributed by atoms with Crippen LogP contribution in [0.1, 0.15) is 44.8 Å². The minimum atomic E-state index is 0. The van der Waals surface area contributed by atoms with Crippen molar-refractivity contribution in [2.45, 2.75) is 65.2 Å². The third-order valence-electron chi connectivity index (χ3n) is 9.65. The van der Waals surface area contributed by atoms with E-state index in [0.717, 1.165) is 45.2 Å². The van der Waals surface area contributed by atoms with E-state index in [1.165, 1.54) is 64.7 Å². The molecule has 0 N–H and O–H groups in total. The van der Waals surface area contributed by atoms with Crippen LogP contribution >= 0.6 is 11.8 Å². The molecule has 54 heavy (non-hydrogen) atoms. The van der Waals surface area contributed by atoms with Crippen molar-refractivity contribution in [1.82, 2.24) is 19.9 Å². The van der Waals surface area contributed by atoms with Crippen LogP contribution in [0.4, 0.5) is 0 Å². The molecule has 0 amide bonds. The van der Waals surface area contributed by atoms with Crippen molar-refractivity contribution < 1.29 is 20.1 Å². The van der Waals surface area contributed by atoms with Crippen LogP contribution in [0.25, 0.3) is 55.3 Å². The topological polar surface area (TPSA) is 51.6 Å². The SMILES string of the molecule is Cc1c[c-]c(-c2cc(C)c(C)cn2)cc1.Cc1c[c-]c(-c2cc(C)c(C)cn2)cc1.Cc1cc2c(cc3c4c(nccc42)-c2[c-]cccc2S3)c(C)n1.[Ir+3]. The molecule has 4 aromatic heterocycles. The van der Waals surface area contributed by atoms with Gasteiger partial charge in [-0.25, -0.2) is 0 Å². The number of hydrogen-bond donors (Lipinski definition) is 0. The molecule has 0 radical (unpaired) electrons. The van der Waals surface area contributed by atoms with Gasteiger partial charge in [-0.3, -0.25) is 4.98 Å². The summed E-state index contributed by atoms with van der Waals surface area (Å²) in [6, 6.07) is 39.0. The minimum absolute atomic E-state index is 0. The fourth-order valence-electron chi connectivity index (χ4n) is 6.33. The Bertz CT molecular complexity index is 2520. The number of aryl methyl sites for hydroxylation is 8. The fourth-order valence-corrected chi connectivity index (χ4v) is 7.46. The maximum absolute atomic E-state index is 4.67. The summed E-state index contributed by atoms with van der Waals surface area (Å²) in [5.74, 6) is 0. The molecule has 4 nitrogen and oxygen atoms in total. The van der Waals surface area contributed by atoms with Gasteiger partial charge in [-0.1, -0.05) is 42.0 Å². The first kappa shape index (κ1) is 38.7. The number of fused-ring (bicyclic) bond motifs is 4. The first-order valence-electron chi connectivity index (χ1n) is 17.8. The van der Waals surface area contributed by atoms with Crippen LogP contribution < -0.4 is 0 Å². The van der Waals surface area contributed by atoms with E-state index >= 15 is 0 Å². The molecule has 4 aromatic carbocycles. The molecule has 0 bridgehead atoms. The smallest absolute Gasteiger partial charge is 0.304 e. The number of hydrogen-bond acceptors (Lipinski definition) is 5. The van der Waals surface area contributed by atoms with E-state index in [9.17, 15) is 0 Å². The van der Waals surface area contributed by atoms with Crippen LogP contribution in [0.15, 0.2) is 113 Å². The van der Waals surface area contributed by atoms with Crippen molar-refractivity contribution in [2.75, 3.05) is 0 Å². The van der Waals surface area contributed by atoms with E-state index in [-0.39, 0.29) is 20.1 Å². The number of benzene rings is 4. The van der Waals surface area contributed by atoms with E-state index in [2.05, 4.69) is 154 Å². The van der Waals surface area contributed by atoms with Crippen LogP contribution in [0.2, 0.25) is 0 Å². The molecule has 1 aliphatic heterocycles. The van der Waals surface area contributed by atoms with E-state index in [0.29, 0.717) is 0 Å². The minimum Gasteiger partial charge on any atom is -0.304 e. The van der Waals surface area contributed by atoms with Gasteiger partial charge in [0, 0.05) is 40.3 Å². The summed E-state index contributed by atoms with van der Waals surface area (Å²) in [7, 11) is 0. The summed E-state index contributed by atoms with van der Waals surface area (Å²) >= 11 is 1.80. The van der Waals surface area contributed by atoms with Gasteiger partial charge in [0.1, 0.15) is 0 Å². The maximum atomic E-state index is 4.67. The molecule has 0 unspecified atom stereocenters. The Morgan fingerprint density at radius 1 is 0.556 bits per heavy atom. The first-order chi connectivity index (χ1) is 25.5. The van der Waals surface area contributed by atoms with Gasteiger partial charge in [-0.2, -0.15) is 0 Å². The summed E-state index contributed by atoms with van der Waals surface area (Å²) in [6.07, 6.45) is 5.74. The van der Waals surface area contributed by atoms with Gasteiger partial charge >= 0.3 is 20.1 Å². The van der Waals surface area contributed by atoms with Gasteiger partial charge in [-0.15, -0.1) is 112 Å². The van der Waals surface area contributed by atoms with Crippen LogP contribution in [0.5, 0.6) is 0 Å². The summed E-state index contributed by atoms with van der Waals surface area (Å²) < 4.78 is 0. The molecular formula is C48H41IrN4S. The zero-order valence-electron chi connectivity index (χ0n) is 31.8. The van der Waals surface area contributed by atoms with Gasteiger partial charge in [0.25, 0.3) is 0 Å². The molecule has 268 valence electrons. The van der Waals surface area contributed by atoms with Crippen molar-refractivity contribution in [2.24, 2.45) is 0 Å². The van der Waals surface area contributed by atoms with Gasteiger partial charge < -0.3 is 15.0 Å². The Hall–Kier alpha value is -5.00. The van der Waals surface area contributed by atoms with Gasteiger partial charge in [0.05, 0.1) is 0 Å². The molecule has 0 fully saturated rings. The Kier molecular flexibility index (Phi) is 11.9. The molecule has 0 aliphatic carbocycles. The van der Waals surface area contributed by atoms with E-state index in [1.807, 2.05) is 42.9 Å². The van der Waals surface area contributed by atoms with Crippen LogP contribution in [0.3, 0.4) is 0 Å². The monoisotopic (exact) mass is 898 g/mol. The van der Waals surface area contributed by atoms with E-state index < -0.39 is 0 Å². The third kappa shape index (κ3) is 8.22. The number of nitrogens with zero attached hydrogens (tertiary/aromatic N) is 4. The van der Waals surface area contributed by atoms with Gasteiger partial charge in [0.2, 0.25) is 0 Å². The average Bonchev–Trinajstić information content (AvgIpc) is 3.16. The molecule has 9 rings (SSSR count). The van der Waals surface area contributed by atoms with E-state index in [1.54, 1.807) is 11.8 Å². The Labute approximate surface area is 336 Å². The molecule has 1 aliphatic rings. The van der Waals surface area contributed by atoms with Crippen molar-refractivity contribution in [3.05, 3.63) is 166 Å². The van der Waals surface area contributed by atoms with Gasteiger partial charge in [0.15, 0.2) is 0 Å². The van der Waals surface area contributed by atoms with Crippen molar-refractivity contribution in [3.8, 4) is 33.8 Å². The van der Waals surface area contributed by atoms with E-state index in [4.69, 9.17) is 0 Å². The predicted molar refractivity (Wildman–Crippen MR) is 220 cm³/mol. The second kappa shape index (κ2) is 16.6. The molecule has 8 aromatic rings. The Balaban J connectivity index is 0.000000143. The number of aromatic nitrogens is 4. The zero-order chi connectivity index (χ0) is 37.2. The number of pyridine rings is 4. The normalized spacial score (nSPS) is 11.1. The van der Waals surface area contributed by atoms with Gasteiger partial charge in [-0.05, 0) is 104 Å². The fraction of sp³-hybridized carbons (Fsp3) is 0.167. The molecule has 0 saturated carbocycles. The molecule has 0 saturated heterocycles. The van der Waals surface area contributed by atoms with Crippen LogP contribution in [-0.2, 0) is 20.1 Å². The quantitative estimate of drug-likeness (QED) is 0.128. The molecule has 0 spiro atoms. The average molecular weight is 898 g/mol. The summed E-state index contributed by atoms with van der Waals surface area (Å²) in [6.45, 7) is 16.6. The summed E-state index contributed by atoms with van der Waals surface area (Å²) in [4.78, 5) is 20.6. The molecule has 0 atom stereocenters. The number of rotatable bonds is 2. The summed E-state index contributed by atoms with van der Waals surface area (Å²) in [5.41, 5.74) is 15.9. The standard InChI is InChI=1S/C20H13N2S.2C14H14N.Ir/c1-11-9-16-13-7-8-21-20-14-5-3-4-6-17(14)23-18(19(13)20)10-15(16)12(2)22-11;2*1-10-4-6-13(7-5-10)14-8-11(2)12(3)9-15-14;/h3-4,6-10H,1-2H3;2*4-6,8-9H,1-3H3;/q3*-1;+3. The third-order valence-corrected chi connectivity index (χ3v) is 10.8. The van der Waals surface area contributed by atoms with Crippen molar-refractivity contribution in [1.29, 1.82) is 0 Å². The van der Waals surface area contributed by atoms with Crippen LogP contribution in [0, 0.1) is 73.6 Å². The maximum Gasteiger partial charge on any atom is 3.00 e. The van der Waals surface area contributed by atoms with Crippen LogP contribution in [-0.4, -0.2) is 19.9 Å². The zero-order valence-corrected chi connectivity index (χ0v) is 35.1.